The Labute approximate surface area is 176 Å². The molecule has 1 heterocycles. The van der Waals surface area contributed by atoms with E-state index in [2.05, 4.69) is 41.4 Å². The number of nitrogens with zero attached hydrogens (tertiary/aromatic N) is 2. The molecule has 1 unspecified atom stereocenters. The Kier molecular flexibility index (Phi) is 5.96. The molecule has 4 rings (SSSR count). The Morgan fingerprint density at radius 2 is 1.86 bits per heavy atom. The summed E-state index contributed by atoms with van der Waals surface area (Å²) in [7, 11) is 0. The minimum absolute atomic E-state index is 0.448. The Hall–Kier alpha value is -1.94. The van der Waals surface area contributed by atoms with Crippen LogP contribution in [0.15, 0.2) is 54.6 Å². The molecule has 1 saturated heterocycles. The summed E-state index contributed by atoms with van der Waals surface area (Å²) >= 11 is 12.5. The zero-order valence-corrected chi connectivity index (χ0v) is 17.4. The summed E-state index contributed by atoms with van der Waals surface area (Å²) in [4.78, 5) is 2.42. The van der Waals surface area contributed by atoms with E-state index in [1.165, 1.54) is 5.69 Å². The molecule has 0 spiro atoms. The van der Waals surface area contributed by atoms with Crippen molar-refractivity contribution in [2.45, 2.75) is 26.0 Å². The van der Waals surface area contributed by atoms with Crippen LogP contribution >= 0.6 is 23.2 Å². The van der Waals surface area contributed by atoms with Crippen molar-refractivity contribution >= 4 is 39.7 Å². The molecule has 3 aromatic carbocycles. The van der Waals surface area contributed by atoms with E-state index in [1.807, 2.05) is 30.3 Å². The third-order valence-electron chi connectivity index (χ3n) is 5.26. The van der Waals surface area contributed by atoms with E-state index in [-0.39, 0.29) is 0 Å². The average Bonchev–Trinajstić information content (AvgIpc) is 2.75. The molecule has 3 nitrogen and oxygen atoms in total. The maximum Gasteiger partial charge on any atom is 0.127 e. The highest BCUT2D eigenvalue weighted by Crippen LogP contribution is 2.35. The smallest absolute Gasteiger partial charge is 0.127 e. The summed E-state index contributed by atoms with van der Waals surface area (Å²) in [6, 6.07) is 18.7. The van der Waals surface area contributed by atoms with E-state index in [1.54, 1.807) is 0 Å². The highest BCUT2D eigenvalue weighted by molar-refractivity contribution is 6.45. The number of halogens is 2. The van der Waals surface area contributed by atoms with E-state index < -0.39 is 0 Å². The molecule has 1 fully saturated rings. The Morgan fingerprint density at radius 3 is 2.64 bits per heavy atom. The third-order valence-corrected chi connectivity index (χ3v) is 6.08. The van der Waals surface area contributed by atoms with Gasteiger partial charge in [0, 0.05) is 42.1 Å². The van der Waals surface area contributed by atoms with Gasteiger partial charge in [-0.1, -0.05) is 54.4 Å². The lowest BCUT2D eigenvalue weighted by Crippen LogP contribution is -2.46. The predicted octanol–water partition coefficient (Wildman–Crippen LogP) is 5.93. The molecule has 1 aliphatic rings. The molecule has 145 valence electrons. The first-order chi connectivity index (χ1) is 13.7. The average molecular weight is 414 g/mol. The number of rotatable bonds is 5. The number of hydrogen-bond acceptors (Lipinski definition) is 2. The lowest BCUT2D eigenvalue weighted by molar-refractivity contribution is 0.310. The number of benzene rings is 3. The van der Waals surface area contributed by atoms with Gasteiger partial charge in [-0.05, 0) is 42.3 Å². The van der Waals surface area contributed by atoms with Crippen LogP contribution in [0.25, 0.3) is 10.8 Å². The molecule has 0 amide bonds. The Bertz CT molecular complexity index is 959. The van der Waals surface area contributed by atoms with Gasteiger partial charge >= 0.3 is 0 Å². The molecule has 1 atom stereocenters. The number of fused-ring (bicyclic) bond motifs is 1. The molecule has 0 N–H and O–H groups in total. The largest absolute Gasteiger partial charge is 0.488 e. The maximum atomic E-state index is 6.33. The van der Waals surface area contributed by atoms with Crippen LogP contribution in [0.1, 0.15) is 18.9 Å². The second-order valence-electron chi connectivity index (χ2n) is 7.08. The zero-order valence-electron chi connectivity index (χ0n) is 15.9. The first-order valence-electron chi connectivity index (χ1n) is 9.65. The minimum atomic E-state index is 0.448. The van der Waals surface area contributed by atoms with Crippen molar-refractivity contribution in [1.29, 1.82) is 0 Å². The van der Waals surface area contributed by atoms with Gasteiger partial charge in [-0.3, -0.25) is 0 Å². The summed E-state index contributed by atoms with van der Waals surface area (Å²) in [5.74, 6) is 0.809. The van der Waals surface area contributed by atoms with Crippen LogP contribution in [0, 0.1) is 0 Å². The van der Waals surface area contributed by atoms with Gasteiger partial charge < -0.3 is 9.64 Å². The first-order valence-corrected chi connectivity index (χ1v) is 10.4. The van der Waals surface area contributed by atoms with Crippen molar-refractivity contribution in [2.24, 2.45) is 0 Å². The van der Waals surface area contributed by atoms with Crippen LogP contribution in [-0.4, -0.2) is 25.7 Å². The van der Waals surface area contributed by atoms with Gasteiger partial charge in [-0.25, -0.2) is 5.32 Å². The Balaban J connectivity index is 1.46. The molecule has 3 aromatic rings. The fraction of sp³-hybridized carbons (Fsp3) is 0.304. The SMILES string of the molecule is CCC1CN(c2ccc(COc3cccc4c(Cl)c(Cl)ccc34)cc2)CC[N]1. The standard InChI is InChI=1S/C23H23Cl2N2O/c1-2-17-14-27(13-12-26-17)18-8-6-16(7-9-18)15-28-22-5-3-4-20-19(22)10-11-21(24)23(20)25/h3-11,17H,2,12-15H2,1H3. The van der Waals surface area contributed by atoms with Crippen LogP contribution < -0.4 is 15.0 Å². The fourth-order valence-corrected chi connectivity index (χ4v) is 4.01. The van der Waals surface area contributed by atoms with Gasteiger partial charge in [0.15, 0.2) is 0 Å². The monoisotopic (exact) mass is 413 g/mol. The van der Waals surface area contributed by atoms with Gasteiger partial charge in [0.05, 0.1) is 10.0 Å². The van der Waals surface area contributed by atoms with E-state index in [0.29, 0.717) is 22.7 Å². The lowest BCUT2D eigenvalue weighted by Gasteiger charge is -2.33. The summed E-state index contributed by atoms with van der Waals surface area (Å²) < 4.78 is 6.09. The quantitative estimate of drug-likeness (QED) is 0.518. The van der Waals surface area contributed by atoms with Crippen LogP contribution in [0.3, 0.4) is 0 Å². The molecule has 0 aromatic heterocycles. The highest BCUT2D eigenvalue weighted by Gasteiger charge is 2.19. The van der Waals surface area contributed by atoms with Crippen molar-refractivity contribution in [3.63, 3.8) is 0 Å². The fourth-order valence-electron chi connectivity index (χ4n) is 3.61. The number of anilines is 1. The normalized spacial score (nSPS) is 17.1. The van der Waals surface area contributed by atoms with E-state index in [4.69, 9.17) is 27.9 Å². The second kappa shape index (κ2) is 8.60. The van der Waals surface area contributed by atoms with E-state index in [0.717, 1.165) is 48.1 Å². The van der Waals surface area contributed by atoms with Gasteiger partial charge in [-0.2, -0.15) is 0 Å². The number of hydrogen-bond donors (Lipinski definition) is 0. The Morgan fingerprint density at radius 1 is 1.04 bits per heavy atom. The van der Waals surface area contributed by atoms with Crippen LogP contribution in [0.5, 0.6) is 5.75 Å². The summed E-state index contributed by atoms with van der Waals surface area (Å²) in [5, 5.41) is 7.65. The van der Waals surface area contributed by atoms with Gasteiger partial charge in [0.25, 0.3) is 0 Å². The minimum Gasteiger partial charge on any atom is -0.488 e. The first kappa shape index (κ1) is 19.4. The molecular formula is C23H23Cl2N2O. The molecule has 0 saturated carbocycles. The van der Waals surface area contributed by atoms with Crippen molar-refractivity contribution in [3.8, 4) is 5.75 Å². The van der Waals surface area contributed by atoms with Crippen LogP contribution in [0.4, 0.5) is 5.69 Å². The van der Waals surface area contributed by atoms with Gasteiger partial charge in [0.1, 0.15) is 12.4 Å². The van der Waals surface area contributed by atoms with Crippen LogP contribution in [0.2, 0.25) is 10.0 Å². The number of ether oxygens (including phenoxy) is 1. The summed E-state index contributed by atoms with van der Waals surface area (Å²) in [6.07, 6.45) is 1.10. The van der Waals surface area contributed by atoms with Gasteiger partial charge in [-0.15, -0.1) is 0 Å². The molecule has 1 radical (unpaired) electrons. The van der Waals surface area contributed by atoms with Crippen molar-refractivity contribution < 1.29 is 4.74 Å². The third kappa shape index (κ3) is 4.07. The van der Waals surface area contributed by atoms with Crippen molar-refractivity contribution in [2.75, 3.05) is 24.5 Å². The summed E-state index contributed by atoms with van der Waals surface area (Å²) in [6.45, 7) is 5.62. The lowest BCUT2D eigenvalue weighted by atomic mass is 10.1. The molecular weight excluding hydrogens is 391 g/mol. The van der Waals surface area contributed by atoms with Crippen molar-refractivity contribution in [3.05, 3.63) is 70.2 Å². The second-order valence-corrected chi connectivity index (χ2v) is 7.87. The molecule has 28 heavy (non-hydrogen) atoms. The molecule has 0 aliphatic carbocycles. The highest BCUT2D eigenvalue weighted by atomic mass is 35.5. The van der Waals surface area contributed by atoms with E-state index >= 15 is 0 Å². The number of piperazine rings is 1. The maximum absolute atomic E-state index is 6.33. The van der Waals surface area contributed by atoms with Crippen molar-refractivity contribution in [1.82, 2.24) is 5.32 Å². The molecule has 5 heteroatoms. The van der Waals surface area contributed by atoms with E-state index in [9.17, 15) is 0 Å². The molecule has 1 aliphatic heterocycles. The summed E-state index contributed by atoms with van der Waals surface area (Å²) in [5.41, 5.74) is 2.39. The predicted molar refractivity (Wildman–Crippen MR) is 118 cm³/mol. The van der Waals surface area contributed by atoms with Crippen LogP contribution in [-0.2, 0) is 6.61 Å². The zero-order chi connectivity index (χ0) is 19.5. The topological polar surface area (TPSA) is 26.6 Å². The van der Waals surface area contributed by atoms with Gasteiger partial charge in [0.2, 0.25) is 0 Å². The molecule has 0 bridgehead atoms.